The van der Waals surface area contributed by atoms with Crippen LogP contribution in [0.25, 0.3) is 11.1 Å². The lowest BCUT2D eigenvalue weighted by atomic mass is 10.0. The summed E-state index contributed by atoms with van der Waals surface area (Å²) in [5.74, 6) is 0.906. The van der Waals surface area contributed by atoms with Crippen LogP contribution in [0.1, 0.15) is 30.9 Å². The van der Waals surface area contributed by atoms with E-state index in [4.69, 9.17) is 10.5 Å². The van der Waals surface area contributed by atoms with Gasteiger partial charge in [0.1, 0.15) is 11.9 Å². The number of rotatable bonds is 8. The first kappa shape index (κ1) is 17.2. The average Bonchev–Trinajstić information content (AvgIpc) is 2.69. The van der Waals surface area contributed by atoms with Crippen LogP contribution in [-0.2, 0) is 0 Å². The van der Waals surface area contributed by atoms with Gasteiger partial charge in [-0.15, -0.1) is 0 Å². The topological polar surface area (TPSA) is 35.2 Å². The van der Waals surface area contributed by atoms with Crippen LogP contribution in [0.15, 0.2) is 84.9 Å². The van der Waals surface area contributed by atoms with Crippen LogP contribution in [-0.4, -0.2) is 6.54 Å². The molecule has 2 heteroatoms. The van der Waals surface area contributed by atoms with E-state index in [-0.39, 0.29) is 6.10 Å². The maximum Gasteiger partial charge on any atom is 0.124 e. The molecule has 25 heavy (non-hydrogen) atoms. The molecule has 1 atom stereocenters. The normalized spacial score (nSPS) is 11.9. The van der Waals surface area contributed by atoms with Gasteiger partial charge in [-0.05, 0) is 54.6 Å². The van der Waals surface area contributed by atoms with E-state index in [2.05, 4.69) is 66.7 Å². The summed E-state index contributed by atoms with van der Waals surface area (Å²) < 4.78 is 6.37. The predicted octanol–water partition coefficient (Wildman–Crippen LogP) is 5.60. The molecular weight excluding hydrogens is 306 g/mol. The van der Waals surface area contributed by atoms with Gasteiger partial charge in [-0.2, -0.15) is 0 Å². The highest BCUT2D eigenvalue weighted by Crippen LogP contribution is 2.29. The van der Waals surface area contributed by atoms with Gasteiger partial charge in [-0.25, -0.2) is 0 Å². The summed E-state index contributed by atoms with van der Waals surface area (Å²) in [6, 6.07) is 29.2. The zero-order chi connectivity index (χ0) is 17.3. The summed E-state index contributed by atoms with van der Waals surface area (Å²) in [5, 5.41) is 0. The standard InChI is InChI=1S/C23H25NO/c24-17-8-7-16-23(20-12-5-2-6-13-20)25-22-15-9-14-21(18-22)19-10-3-1-4-11-19/h1-6,9-15,18,23H,7-8,16-17,24H2. The molecule has 0 aliphatic rings. The molecule has 0 aromatic heterocycles. The molecule has 128 valence electrons. The maximum absolute atomic E-state index is 6.37. The Kier molecular flexibility index (Phi) is 6.24. The fourth-order valence-corrected chi connectivity index (χ4v) is 2.98. The Morgan fingerprint density at radius 2 is 1.40 bits per heavy atom. The van der Waals surface area contributed by atoms with Gasteiger partial charge in [0.15, 0.2) is 0 Å². The zero-order valence-electron chi connectivity index (χ0n) is 14.5. The summed E-state index contributed by atoms with van der Waals surface area (Å²) in [5.41, 5.74) is 9.24. The van der Waals surface area contributed by atoms with Crippen LogP contribution < -0.4 is 10.5 Å². The van der Waals surface area contributed by atoms with E-state index in [0.717, 1.165) is 31.6 Å². The molecular formula is C23H25NO. The van der Waals surface area contributed by atoms with Gasteiger partial charge in [0.2, 0.25) is 0 Å². The van der Waals surface area contributed by atoms with Crippen molar-refractivity contribution in [3.05, 3.63) is 90.5 Å². The Balaban J connectivity index is 1.79. The fraction of sp³-hybridized carbons (Fsp3) is 0.217. The highest BCUT2D eigenvalue weighted by atomic mass is 16.5. The second-order valence-electron chi connectivity index (χ2n) is 6.20. The lowest BCUT2D eigenvalue weighted by Crippen LogP contribution is -2.09. The van der Waals surface area contributed by atoms with Crippen molar-refractivity contribution in [1.82, 2.24) is 0 Å². The Morgan fingerprint density at radius 1 is 0.720 bits per heavy atom. The minimum atomic E-state index is 0.0544. The van der Waals surface area contributed by atoms with Crippen molar-refractivity contribution in [1.29, 1.82) is 0 Å². The van der Waals surface area contributed by atoms with Gasteiger partial charge >= 0.3 is 0 Å². The first-order chi connectivity index (χ1) is 12.4. The summed E-state index contributed by atoms with van der Waals surface area (Å²) >= 11 is 0. The number of nitrogens with two attached hydrogens (primary N) is 1. The van der Waals surface area contributed by atoms with E-state index < -0.39 is 0 Å². The number of ether oxygens (including phenoxy) is 1. The van der Waals surface area contributed by atoms with Gasteiger partial charge in [-0.3, -0.25) is 0 Å². The van der Waals surface area contributed by atoms with E-state index in [0.29, 0.717) is 0 Å². The van der Waals surface area contributed by atoms with Crippen LogP contribution in [0.2, 0.25) is 0 Å². The first-order valence-electron chi connectivity index (χ1n) is 8.94. The first-order valence-corrected chi connectivity index (χ1v) is 8.94. The molecule has 3 aromatic carbocycles. The summed E-state index contributed by atoms with van der Waals surface area (Å²) in [4.78, 5) is 0. The molecule has 0 heterocycles. The number of hydrogen-bond acceptors (Lipinski definition) is 2. The Morgan fingerprint density at radius 3 is 2.12 bits per heavy atom. The number of unbranched alkanes of at least 4 members (excludes halogenated alkanes) is 1. The molecule has 2 N–H and O–H groups in total. The van der Waals surface area contributed by atoms with Gasteiger partial charge in [0, 0.05) is 0 Å². The van der Waals surface area contributed by atoms with Crippen molar-refractivity contribution in [3.8, 4) is 16.9 Å². The third-order valence-electron chi connectivity index (χ3n) is 4.31. The van der Waals surface area contributed by atoms with Crippen LogP contribution in [0.4, 0.5) is 0 Å². The number of hydrogen-bond donors (Lipinski definition) is 1. The summed E-state index contributed by atoms with van der Waals surface area (Å²) in [7, 11) is 0. The van der Waals surface area contributed by atoms with E-state index in [9.17, 15) is 0 Å². The molecule has 3 rings (SSSR count). The van der Waals surface area contributed by atoms with Gasteiger partial charge < -0.3 is 10.5 Å². The molecule has 0 amide bonds. The van der Waals surface area contributed by atoms with Crippen LogP contribution >= 0.6 is 0 Å². The molecule has 0 fully saturated rings. The summed E-state index contributed by atoms with van der Waals surface area (Å²) in [6.07, 6.45) is 3.11. The second kappa shape index (κ2) is 9.05. The van der Waals surface area contributed by atoms with E-state index in [1.165, 1.54) is 16.7 Å². The molecule has 0 radical (unpaired) electrons. The van der Waals surface area contributed by atoms with E-state index in [1.54, 1.807) is 0 Å². The van der Waals surface area contributed by atoms with Gasteiger partial charge in [0.25, 0.3) is 0 Å². The highest BCUT2D eigenvalue weighted by molar-refractivity contribution is 5.64. The van der Waals surface area contributed by atoms with E-state index >= 15 is 0 Å². The monoisotopic (exact) mass is 331 g/mol. The molecule has 0 saturated heterocycles. The molecule has 0 bridgehead atoms. The van der Waals surface area contributed by atoms with Crippen molar-refractivity contribution >= 4 is 0 Å². The largest absolute Gasteiger partial charge is 0.486 e. The smallest absolute Gasteiger partial charge is 0.124 e. The van der Waals surface area contributed by atoms with E-state index in [1.807, 2.05) is 18.2 Å². The Bertz CT molecular complexity index is 755. The SMILES string of the molecule is NCCCCC(Oc1cccc(-c2ccccc2)c1)c1ccccc1. The quantitative estimate of drug-likeness (QED) is 0.545. The lowest BCUT2D eigenvalue weighted by Gasteiger charge is -2.20. The number of benzene rings is 3. The predicted molar refractivity (Wildman–Crippen MR) is 105 cm³/mol. The van der Waals surface area contributed by atoms with Crippen LogP contribution in [0.3, 0.4) is 0 Å². The average molecular weight is 331 g/mol. The molecule has 2 nitrogen and oxygen atoms in total. The summed E-state index contributed by atoms with van der Waals surface area (Å²) in [6.45, 7) is 0.727. The van der Waals surface area contributed by atoms with Gasteiger partial charge in [0.05, 0.1) is 0 Å². The zero-order valence-corrected chi connectivity index (χ0v) is 14.5. The molecule has 0 saturated carbocycles. The molecule has 3 aromatic rings. The van der Waals surface area contributed by atoms with Crippen molar-refractivity contribution in [2.45, 2.75) is 25.4 Å². The fourth-order valence-electron chi connectivity index (χ4n) is 2.98. The van der Waals surface area contributed by atoms with Gasteiger partial charge in [-0.1, -0.05) is 72.8 Å². The third kappa shape index (κ3) is 4.94. The second-order valence-corrected chi connectivity index (χ2v) is 6.20. The van der Waals surface area contributed by atoms with Crippen LogP contribution in [0.5, 0.6) is 5.75 Å². The molecule has 0 aliphatic carbocycles. The minimum Gasteiger partial charge on any atom is -0.486 e. The lowest BCUT2D eigenvalue weighted by molar-refractivity contribution is 0.191. The Hall–Kier alpha value is -2.58. The third-order valence-corrected chi connectivity index (χ3v) is 4.31. The molecule has 1 unspecified atom stereocenters. The molecule has 0 aliphatic heterocycles. The van der Waals surface area contributed by atoms with Crippen molar-refractivity contribution in [2.24, 2.45) is 5.73 Å². The van der Waals surface area contributed by atoms with Crippen molar-refractivity contribution in [3.63, 3.8) is 0 Å². The Labute approximate surface area is 150 Å². The van der Waals surface area contributed by atoms with Crippen molar-refractivity contribution < 1.29 is 4.74 Å². The maximum atomic E-state index is 6.37. The van der Waals surface area contributed by atoms with Crippen molar-refractivity contribution in [2.75, 3.05) is 6.54 Å². The minimum absolute atomic E-state index is 0.0544. The highest BCUT2D eigenvalue weighted by Gasteiger charge is 2.13. The molecule has 0 spiro atoms. The van der Waals surface area contributed by atoms with Crippen LogP contribution in [0, 0.1) is 0 Å².